The lowest BCUT2D eigenvalue weighted by Gasteiger charge is -2.06. The summed E-state index contributed by atoms with van der Waals surface area (Å²) < 4.78 is 20.6. The first kappa shape index (κ1) is 11.0. The van der Waals surface area contributed by atoms with Crippen LogP contribution in [0.2, 0.25) is 0 Å². The summed E-state index contributed by atoms with van der Waals surface area (Å²) in [4.78, 5) is 3.93. The Hall–Kier alpha value is -2.09. The Labute approximate surface area is 109 Å². The highest BCUT2D eigenvalue weighted by atomic mass is 79.9. The number of benzene rings is 1. The quantitative estimate of drug-likeness (QED) is 0.726. The number of halogens is 2. The number of aromatic nitrogens is 5. The zero-order valence-electron chi connectivity index (χ0n) is 8.79. The minimum Gasteiger partial charge on any atom is -0.437 e. The molecule has 0 radical (unpaired) electrons. The number of fused-ring (bicyclic) bond motifs is 1. The van der Waals surface area contributed by atoms with Crippen LogP contribution in [0.4, 0.5) is 4.39 Å². The van der Waals surface area contributed by atoms with Gasteiger partial charge in [-0.25, -0.2) is 4.39 Å². The van der Waals surface area contributed by atoms with E-state index in [0.717, 1.165) is 0 Å². The maximum atomic E-state index is 13.3. The summed E-state index contributed by atoms with van der Waals surface area (Å²) in [5.74, 6) is 0.226. The number of hydrogen-bond acceptors (Lipinski definition) is 5. The van der Waals surface area contributed by atoms with E-state index in [4.69, 9.17) is 4.74 Å². The zero-order chi connectivity index (χ0) is 12.5. The highest BCUT2D eigenvalue weighted by molar-refractivity contribution is 9.10. The van der Waals surface area contributed by atoms with Gasteiger partial charge in [0.2, 0.25) is 11.5 Å². The average molecular weight is 310 g/mol. The first-order chi connectivity index (χ1) is 8.74. The van der Waals surface area contributed by atoms with Gasteiger partial charge in [0.25, 0.3) is 0 Å². The van der Waals surface area contributed by atoms with Crippen LogP contribution >= 0.6 is 15.9 Å². The molecule has 2 heterocycles. The molecule has 0 atom stereocenters. The highest BCUT2D eigenvalue weighted by Crippen LogP contribution is 2.25. The van der Waals surface area contributed by atoms with E-state index in [9.17, 15) is 4.39 Å². The minimum atomic E-state index is -0.413. The number of rotatable bonds is 2. The summed E-state index contributed by atoms with van der Waals surface area (Å²) >= 11 is 3.07. The molecule has 18 heavy (non-hydrogen) atoms. The summed E-state index contributed by atoms with van der Waals surface area (Å²) in [6, 6.07) is 4.43. The largest absolute Gasteiger partial charge is 0.437 e. The Morgan fingerprint density at radius 3 is 3.00 bits per heavy atom. The normalized spacial score (nSPS) is 10.8. The Morgan fingerprint density at radius 1 is 1.28 bits per heavy atom. The van der Waals surface area contributed by atoms with Crippen molar-refractivity contribution in [3.8, 4) is 11.6 Å². The molecule has 0 unspecified atom stereocenters. The van der Waals surface area contributed by atoms with Crippen LogP contribution in [0.3, 0.4) is 0 Å². The van der Waals surface area contributed by atoms with E-state index in [1.807, 2.05) is 0 Å². The van der Waals surface area contributed by atoms with Crippen molar-refractivity contribution >= 4 is 21.6 Å². The molecule has 3 rings (SSSR count). The van der Waals surface area contributed by atoms with Crippen LogP contribution in [0.25, 0.3) is 5.65 Å². The van der Waals surface area contributed by atoms with Gasteiger partial charge in [0, 0.05) is 6.07 Å². The van der Waals surface area contributed by atoms with Crippen molar-refractivity contribution in [1.29, 1.82) is 0 Å². The van der Waals surface area contributed by atoms with Gasteiger partial charge < -0.3 is 4.74 Å². The van der Waals surface area contributed by atoms with Gasteiger partial charge in [0.1, 0.15) is 11.6 Å². The van der Waals surface area contributed by atoms with Crippen LogP contribution in [0.5, 0.6) is 11.6 Å². The van der Waals surface area contributed by atoms with Gasteiger partial charge in [-0.05, 0) is 38.5 Å². The van der Waals surface area contributed by atoms with E-state index in [0.29, 0.717) is 21.7 Å². The van der Waals surface area contributed by atoms with E-state index >= 15 is 0 Å². The lowest BCUT2D eigenvalue weighted by molar-refractivity contribution is 0.438. The second-order valence-corrected chi connectivity index (χ2v) is 4.23. The fourth-order valence-corrected chi connectivity index (χ4v) is 1.63. The van der Waals surface area contributed by atoms with Gasteiger partial charge in [0.05, 0.1) is 16.9 Å². The summed E-state index contributed by atoms with van der Waals surface area (Å²) in [7, 11) is 0. The maximum Gasteiger partial charge on any atom is 0.242 e. The van der Waals surface area contributed by atoms with E-state index in [1.165, 1.54) is 23.0 Å². The van der Waals surface area contributed by atoms with Crippen LogP contribution in [-0.2, 0) is 0 Å². The first-order valence-corrected chi connectivity index (χ1v) is 5.68. The SMILES string of the molecule is Fc1cc(Oc2cncc3nnnn23)ccc1Br. The zero-order valence-corrected chi connectivity index (χ0v) is 10.4. The van der Waals surface area contributed by atoms with Crippen molar-refractivity contribution in [3.05, 3.63) is 40.9 Å². The van der Waals surface area contributed by atoms with Gasteiger partial charge in [-0.1, -0.05) is 0 Å². The average Bonchev–Trinajstić information content (AvgIpc) is 2.83. The molecule has 3 aromatic rings. The molecule has 8 heteroatoms. The van der Waals surface area contributed by atoms with Crippen molar-refractivity contribution in [2.75, 3.05) is 0 Å². The molecule has 0 aliphatic rings. The minimum absolute atomic E-state index is 0.305. The predicted octanol–water partition coefficient (Wildman–Crippen LogP) is 2.21. The van der Waals surface area contributed by atoms with Crippen molar-refractivity contribution in [1.82, 2.24) is 25.0 Å². The molecule has 0 spiro atoms. The van der Waals surface area contributed by atoms with Crippen LogP contribution in [0, 0.1) is 5.82 Å². The molecule has 0 aliphatic carbocycles. The molecule has 0 saturated carbocycles. The molecular formula is C10H5BrFN5O. The predicted molar refractivity (Wildman–Crippen MR) is 62.8 cm³/mol. The van der Waals surface area contributed by atoms with E-state index in [1.54, 1.807) is 12.1 Å². The lowest BCUT2D eigenvalue weighted by atomic mass is 10.3. The highest BCUT2D eigenvalue weighted by Gasteiger charge is 2.08. The maximum absolute atomic E-state index is 13.3. The van der Waals surface area contributed by atoms with E-state index in [-0.39, 0.29) is 0 Å². The molecule has 0 bridgehead atoms. The Kier molecular flexibility index (Phi) is 2.63. The molecule has 0 aliphatic heterocycles. The van der Waals surface area contributed by atoms with Gasteiger partial charge in [-0.3, -0.25) is 4.98 Å². The summed E-state index contributed by atoms with van der Waals surface area (Å²) in [6.45, 7) is 0. The first-order valence-electron chi connectivity index (χ1n) is 4.89. The standard InChI is InChI=1S/C10H5BrFN5O/c11-7-2-1-6(3-8(7)12)18-10-5-13-4-9-14-15-16-17(9)10/h1-5H. The van der Waals surface area contributed by atoms with Crippen molar-refractivity contribution in [2.45, 2.75) is 0 Å². The molecule has 0 amide bonds. The van der Waals surface area contributed by atoms with Crippen LogP contribution in [-0.4, -0.2) is 25.0 Å². The third-order valence-corrected chi connectivity index (χ3v) is 2.83. The second kappa shape index (κ2) is 4.30. The number of ether oxygens (including phenoxy) is 1. The van der Waals surface area contributed by atoms with Gasteiger partial charge in [-0.2, -0.15) is 4.52 Å². The number of nitrogens with zero attached hydrogens (tertiary/aromatic N) is 5. The molecular weight excluding hydrogens is 305 g/mol. The Morgan fingerprint density at radius 2 is 2.17 bits per heavy atom. The lowest BCUT2D eigenvalue weighted by Crippen LogP contribution is -1.97. The molecule has 0 fully saturated rings. The van der Waals surface area contributed by atoms with Crippen LogP contribution in [0.1, 0.15) is 0 Å². The number of tetrazole rings is 1. The Bertz CT molecular complexity index is 716. The smallest absolute Gasteiger partial charge is 0.242 e. The van der Waals surface area contributed by atoms with Crippen LogP contribution < -0.4 is 4.74 Å². The second-order valence-electron chi connectivity index (χ2n) is 3.37. The molecule has 90 valence electrons. The van der Waals surface area contributed by atoms with Crippen molar-refractivity contribution < 1.29 is 9.13 Å². The Balaban J connectivity index is 2.01. The van der Waals surface area contributed by atoms with E-state index < -0.39 is 5.82 Å². The van der Waals surface area contributed by atoms with Crippen LogP contribution in [0.15, 0.2) is 35.1 Å². The summed E-state index contributed by atoms with van der Waals surface area (Å²) in [5, 5.41) is 11.0. The summed E-state index contributed by atoms with van der Waals surface area (Å²) in [6.07, 6.45) is 2.94. The summed E-state index contributed by atoms with van der Waals surface area (Å²) in [5.41, 5.74) is 0.449. The fraction of sp³-hybridized carbons (Fsp3) is 0. The van der Waals surface area contributed by atoms with Crippen molar-refractivity contribution in [3.63, 3.8) is 0 Å². The topological polar surface area (TPSA) is 65.2 Å². The molecule has 1 aromatic carbocycles. The van der Waals surface area contributed by atoms with Gasteiger partial charge in [-0.15, -0.1) is 5.10 Å². The third kappa shape index (κ3) is 1.90. The third-order valence-electron chi connectivity index (χ3n) is 2.19. The molecule has 6 nitrogen and oxygen atoms in total. The van der Waals surface area contributed by atoms with E-state index in [2.05, 4.69) is 36.4 Å². The van der Waals surface area contributed by atoms with Gasteiger partial charge >= 0.3 is 0 Å². The van der Waals surface area contributed by atoms with Gasteiger partial charge in [0.15, 0.2) is 0 Å². The fourth-order valence-electron chi connectivity index (χ4n) is 1.38. The molecule has 0 N–H and O–H groups in total. The molecule has 2 aromatic heterocycles. The monoisotopic (exact) mass is 309 g/mol. The number of hydrogen-bond donors (Lipinski definition) is 0. The molecule has 0 saturated heterocycles. The van der Waals surface area contributed by atoms with Crippen molar-refractivity contribution in [2.24, 2.45) is 0 Å².